The van der Waals surface area contributed by atoms with Crippen molar-refractivity contribution < 1.29 is 21.4 Å². The van der Waals surface area contributed by atoms with Crippen molar-refractivity contribution in [3.8, 4) is 0 Å². The number of halogens is 1. The molecular formula is C8H11BrO. The third-order valence-electron chi connectivity index (χ3n) is 1.18. The molecule has 0 saturated carbocycles. The molecule has 0 aliphatic heterocycles. The molecule has 0 aromatic carbocycles. The molecule has 0 bridgehead atoms. The first kappa shape index (κ1) is 9.63. The van der Waals surface area contributed by atoms with E-state index in [1.807, 2.05) is 26.0 Å². The second-order valence-corrected chi connectivity index (χ2v) is 2.36. The van der Waals surface area contributed by atoms with Crippen LogP contribution >= 0.6 is 0 Å². The maximum absolute atomic E-state index is 5.26. The summed E-state index contributed by atoms with van der Waals surface area (Å²) in [5, 5.41) is 0. The molecule has 0 aliphatic carbocycles. The lowest BCUT2D eigenvalue weighted by Gasteiger charge is -1.84. The van der Waals surface area contributed by atoms with E-state index in [2.05, 4.69) is 6.92 Å². The quantitative estimate of drug-likeness (QED) is 0.517. The molecule has 1 rings (SSSR count). The molecule has 0 aliphatic rings. The van der Waals surface area contributed by atoms with Gasteiger partial charge in [0.15, 0.2) is 0 Å². The predicted octanol–water partition coefficient (Wildman–Crippen LogP) is -0.510. The van der Waals surface area contributed by atoms with Crippen LogP contribution < -0.4 is 17.0 Å². The summed E-state index contributed by atoms with van der Waals surface area (Å²) in [6.07, 6.45) is 0. The summed E-state index contributed by atoms with van der Waals surface area (Å²) in [4.78, 5) is 0. The zero-order valence-electron chi connectivity index (χ0n) is 6.44. The van der Waals surface area contributed by atoms with Crippen molar-refractivity contribution in [1.29, 1.82) is 0 Å². The second-order valence-electron chi connectivity index (χ2n) is 2.36. The van der Waals surface area contributed by atoms with Crippen LogP contribution in [0.4, 0.5) is 0 Å². The van der Waals surface area contributed by atoms with Gasteiger partial charge in [0, 0.05) is 12.1 Å². The smallest absolute Gasteiger partial charge is 0.326 e. The van der Waals surface area contributed by atoms with Gasteiger partial charge >= 0.3 is 11.5 Å². The SMILES string of the molecule is Cc1cc(C)[o+]c(C)c1.[Br-]. The van der Waals surface area contributed by atoms with Gasteiger partial charge in [-0.2, -0.15) is 0 Å². The molecule has 0 saturated heterocycles. The van der Waals surface area contributed by atoms with E-state index in [9.17, 15) is 0 Å². The molecule has 0 N–H and O–H groups in total. The average Bonchev–Trinajstić information content (AvgIpc) is 1.59. The Morgan fingerprint density at radius 2 is 1.40 bits per heavy atom. The summed E-state index contributed by atoms with van der Waals surface area (Å²) in [5.74, 6) is 1.96. The van der Waals surface area contributed by atoms with Crippen LogP contribution in [0.1, 0.15) is 17.1 Å². The first-order valence-corrected chi connectivity index (χ1v) is 3.06. The molecule has 0 radical (unpaired) electrons. The fraction of sp³-hybridized carbons (Fsp3) is 0.375. The largest absolute Gasteiger partial charge is 1.00 e. The van der Waals surface area contributed by atoms with Crippen LogP contribution in [0.2, 0.25) is 0 Å². The zero-order chi connectivity index (χ0) is 6.85. The topological polar surface area (TPSA) is 11.3 Å². The van der Waals surface area contributed by atoms with Gasteiger partial charge in [-0.15, -0.1) is 0 Å². The predicted molar refractivity (Wildman–Crippen MR) is 37.3 cm³/mol. The van der Waals surface area contributed by atoms with E-state index < -0.39 is 0 Å². The first-order valence-electron chi connectivity index (χ1n) is 3.06. The fourth-order valence-corrected chi connectivity index (χ4v) is 0.996. The molecule has 1 nitrogen and oxygen atoms in total. The summed E-state index contributed by atoms with van der Waals surface area (Å²) >= 11 is 0. The van der Waals surface area contributed by atoms with Crippen molar-refractivity contribution in [3.63, 3.8) is 0 Å². The minimum absolute atomic E-state index is 0. The highest BCUT2D eigenvalue weighted by Crippen LogP contribution is 2.06. The second kappa shape index (κ2) is 3.71. The third kappa shape index (κ3) is 2.48. The lowest BCUT2D eigenvalue weighted by molar-refractivity contribution is -0.00000293. The van der Waals surface area contributed by atoms with Crippen LogP contribution in [0.25, 0.3) is 0 Å². The number of aryl methyl sites for hydroxylation is 3. The zero-order valence-corrected chi connectivity index (χ0v) is 8.03. The fourth-order valence-electron chi connectivity index (χ4n) is 0.996. The Morgan fingerprint density at radius 3 is 1.70 bits per heavy atom. The van der Waals surface area contributed by atoms with Gasteiger partial charge in [-0.1, -0.05) is 0 Å². The molecule has 0 amide bonds. The first-order chi connectivity index (χ1) is 4.18. The summed E-state index contributed by atoms with van der Waals surface area (Å²) in [6.45, 7) is 5.98. The van der Waals surface area contributed by atoms with Crippen LogP contribution in [-0.4, -0.2) is 0 Å². The Morgan fingerprint density at radius 1 is 1.00 bits per heavy atom. The van der Waals surface area contributed by atoms with Gasteiger partial charge in [0.1, 0.15) is 0 Å². The summed E-state index contributed by atoms with van der Waals surface area (Å²) < 4.78 is 5.26. The minimum Gasteiger partial charge on any atom is -1.00 e. The molecule has 1 aromatic heterocycles. The molecule has 56 valence electrons. The standard InChI is InChI=1S/C8H11O.BrH/c1-6-4-7(2)9-8(3)5-6;/h4-5H,1-3H3;1H/q+1;/p-1. The molecule has 0 fully saturated rings. The van der Waals surface area contributed by atoms with Crippen molar-refractivity contribution in [3.05, 3.63) is 29.2 Å². The van der Waals surface area contributed by atoms with Gasteiger partial charge in [-0.05, 0) is 12.5 Å². The maximum atomic E-state index is 5.26. The van der Waals surface area contributed by atoms with Crippen molar-refractivity contribution in [2.45, 2.75) is 20.8 Å². The van der Waals surface area contributed by atoms with E-state index in [-0.39, 0.29) is 17.0 Å². The highest BCUT2D eigenvalue weighted by Gasteiger charge is 2.03. The lowest BCUT2D eigenvalue weighted by Crippen LogP contribution is -3.00. The normalized spacial score (nSPS) is 8.70. The van der Waals surface area contributed by atoms with Gasteiger partial charge in [0.2, 0.25) is 0 Å². The highest BCUT2D eigenvalue weighted by molar-refractivity contribution is 5.14. The molecule has 2 heteroatoms. The molecule has 0 spiro atoms. The van der Waals surface area contributed by atoms with E-state index in [4.69, 9.17) is 4.42 Å². The van der Waals surface area contributed by atoms with Gasteiger partial charge in [-0.25, -0.2) is 4.42 Å². The van der Waals surface area contributed by atoms with Crippen LogP contribution in [0, 0.1) is 20.8 Å². The summed E-state index contributed by atoms with van der Waals surface area (Å²) in [7, 11) is 0. The van der Waals surface area contributed by atoms with Crippen molar-refractivity contribution in [2.24, 2.45) is 0 Å². The van der Waals surface area contributed by atoms with Crippen molar-refractivity contribution >= 4 is 0 Å². The van der Waals surface area contributed by atoms with Gasteiger partial charge in [-0.3, -0.25) is 0 Å². The summed E-state index contributed by atoms with van der Waals surface area (Å²) in [5.41, 5.74) is 1.26. The lowest BCUT2D eigenvalue weighted by atomic mass is 10.2. The highest BCUT2D eigenvalue weighted by atomic mass is 79.9. The Bertz CT molecular complexity index is 170. The van der Waals surface area contributed by atoms with Gasteiger partial charge in [0.05, 0.1) is 13.8 Å². The Balaban J connectivity index is 0.000000810. The Labute approximate surface area is 71.8 Å². The Kier molecular flexibility index (Phi) is 3.58. The molecule has 0 atom stereocenters. The van der Waals surface area contributed by atoms with Crippen molar-refractivity contribution in [2.75, 3.05) is 0 Å². The third-order valence-corrected chi connectivity index (χ3v) is 1.18. The maximum Gasteiger partial charge on any atom is 0.326 e. The molecular weight excluding hydrogens is 192 g/mol. The van der Waals surface area contributed by atoms with Crippen LogP contribution in [-0.2, 0) is 0 Å². The van der Waals surface area contributed by atoms with Crippen molar-refractivity contribution in [1.82, 2.24) is 0 Å². The van der Waals surface area contributed by atoms with E-state index in [1.165, 1.54) is 5.56 Å². The molecule has 10 heavy (non-hydrogen) atoms. The average molecular weight is 203 g/mol. The molecule has 1 aromatic rings. The number of hydrogen-bond donors (Lipinski definition) is 0. The molecule has 1 heterocycles. The van der Waals surface area contributed by atoms with Gasteiger partial charge in [0.25, 0.3) is 0 Å². The van der Waals surface area contributed by atoms with E-state index >= 15 is 0 Å². The van der Waals surface area contributed by atoms with Crippen LogP contribution in [0.15, 0.2) is 16.5 Å². The van der Waals surface area contributed by atoms with E-state index in [0.29, 0.717) is 0 Å². The minimum atomic E-state index is 0. The van der Waals surface area contributed by atoms with Gasteiger partial charge < -0.3 is 17.0 Å². The summed E-state index contributed by atoms with van der Waals surface area (Å²) in [6, 6.07) is 4.04. The monoisotopic (exact) mass is 202 g/mol. The van der Waals surface area contributed by atoms with E-state index in [0.717, 1.165) is 11.5 Å². The Hall–Kier alpha value is -0.370. The van der Waals surface area contributed by atoms with Crippen LogP contribution in [0.5, 0.6) is 0 Å². The van der Waals surface area contributed by atoms with Crippen LogP contribution in [0.3, 0.4) is 0 Å². The number of hydrogen-bond acceptors (Lipinski definition) is 0. The van der Waals surface area contributed by atoms with E-state index in [1.54, 1.807) is 0 Å². The molecule has 0 unspecified atom stereocenters. The number of rotatable bonds is 0.